The lowest BCUT2D eigenvalue weighted by molar-refractivity contribution is -0.955. The molecule has 53 heavy (non-hydrogen) atoms. The Morgan fingerprint density at radius 1 is 0.868 bits per heavy atom. The highest BCUT2D eigenvalue weighted by atomic mass is 79.9. The first kappa shape index (κ1) is 41.7. The molecule has 3 aromatic carbocycles. The van der Waals surface area contributed by atoms with E-state index in [1.54, 1.807) is 6.07 Å². The Hall–Kier alpha value is -2.50. The molecule has 7 rings (SSSR count). The van der Waals surface area contributed by atoms with E-state index in [1.165, 1.54) is 48.9 Å². The van der Waals surface area contributed by atoms with Gasteiger partial charge in [0.2, 0.25) is 0 Å². The van der Waals surface area contributed by atoms with Gasteiger partial charge in [-0.15, -0.1) is 0 Å². The summed E-state index contributed by atoms with van der Waals surface area (Å²) in [6, 6.07) is 22.3. The Morgan fingerprint density at radius 2 is 1.49 bits per heavy atom. The van der Waals surface area contributed by atoms with Gasteiger partial charge in [-0.25, -0.2) is 8.42 Å². The summed E-state index contributed by atoms with van der Waals surface area (Å²) in [5.41, 5.74) is 4.81. The highest BCUT2D eigenvalue weighted by Crippen LogP contribution is 2.50. The minimum Gasteiger partial charge on any atom is -1.00 e. The van der Waals surface area contributed by atoms with Crippen LogP contribution in [-0.4, -0.2) is 68.7 Å². The van der Waals surface area contributed by atoms with Crippen LogP contribution >= 0.6 is 12.2 Å². The van der Waals surface area contributed by atoms with E-state index in [0.29, 0.717) is 28.4 Å². The topological polar surface area (TPSA) is 81.7 Å². The molecule has 4 aliphatic heterocycles. The number of fused-ring (bicyclic) bond motifs is 4. The van der Waals surface area contributed by atoms with Gasteiger partial charge in [0, 0.05) is 48.1 Å². The molecule has 0 spiro atoms. The summed E-state index contributed by atoms with van der Waals surface area (Å²) in [6.07, 6.45) is 10.5. The monoisotopic (exact) mass is 824 g/mol. The number of nitrogens with one attached hydrogen (secondary N) is 2. The van der Waals surface area contributed by atoms with Gasteiger partial charge in [-0.2, -0.15) is 0 Å². The number of hydrogen-bond donors (Lipinski definition) is 3. The Bertz CT molecular complexity index is 1770. The van der Waals surface area contributed by atoms with Crippen LogP contribution in [0, 0.1) is 11.3 Å². The maximum Gasteiger partial charge on any atom is 0.179 e. The van der Waals surface area contributed by atoms with Gasteiger partial charge in [0.05, 0.1) is 36.4 Å². The van der Waals surface area contributed by atoms with Gasteiger partial charge in [-0.3, -0.25) is 0 Å². The maximum absolute atomic E-state index is 14.4. The molecule has 0 amide bonds. The summed E-state index contributed by atoms with van der Waals surface area (Å²) in [4.78, 5) is 2.33. The van der Waals surface area contributed by atoms with Crippen LogP contribution in [0.25, 0.3) is 0 Å². The zero-order chi connectivity index (χ0) is 36.9. The second kappa shape index (κ2) is 18.0. The number of quaternary nitrogens is 1. The number of halogens is 1. The second-order valence-electron chi connectivity index (χ2n) is 16.4. The molecule has 2 bridgehead atoms. The molecule has 0 radical (unpaired) electrons. The Balaban J connectivity index is 0.00000541. The number of benzene rings is 3. The quantitative estimate of drug-likeness (QED) is 0.103. The highest BCUT2D eigenvalue weighted by Gasteiger charge is 2.49. The smallest absolute Gasteiger partial charge is 0.179 e. The molecule has 4 heterocycles. The lowest BCUT2D eigenvalue weighted by Crippen LogP contribution is -3.00. The van der Waals surface area contributed by atoms with Crippen molar-refractivity contribution in [3.05, 3.63) is 83.4 Å². The van der Waals surface area contributed by atoms with Crippen molar-refractivity contribution in [2.24, 2.45) is 11.3 Å². The normalized spacial score (nSPS) is 24.0. The van der Waals surface area contributed by atoms with Crippen molar-refractivity contribution in [3.63, 3.8) is 0 Å². The molecule has 2 unspecified atom stereocenters. The summed E-state index contributed by atoms with van der Waals surface area (Å²) < 4.78 is 29.9. The van der Waals surface area contributed by atoms with E-state index >= 15 is 0 Å². The van der Waals surface area contributed by atoms with Crippen LogP contribution in [0.1, 0.15) is 107 Å². The zero-order valence-electron chi connectivity index (χ0n) is 32.2. The van der Waals surface area contributed by atoms with Crippen molar-refractivity contribution in [1.29, 1.82) is 0 Å². The number of anilines is 3. The average molecular weight is 826 g/mol. The van der Waals surface area contributed by atoms with E-state index in [2.05, 4.69) is 48.7 Å². The molecule has 3 fully saturated rings. The fraction of sp³-hybridized carbons (Fsp3) is 0.558. The van der Waals surface area contributed by atoms with E-state index in [-0.39, 0.29) is 22.7 Å². The Morgan fingerprint density at radius 3 is 2.09 bits per heavy atom. The first-order valence-corrected chi connectivity index (χ1v) is 21.9. The lowest BCUT2D eigenvalue weighted by atomic mass is 9.68. The van der Waals surface area contributed by atoms with Crippen molar-refractivity contribution >= 4 is 44.2 Å². The van der Waals surface area contributed by atoms with Crippen LogP contribution in [0.5, 0.6) is 0 Å². The van der Waals surface area contributed by atoms with E-state index in [0.717, 1.165) is 73.6 Å². The first-order valence-electron chi connectivity index (χ1n) is 19.8. The van der Waals surface area contributed by atoms with Gasteiger partial charge in [-0.1, -0.05) is 76.6 Å². The standard InChI is InChI=1S/C43H60N4O3S2.BrH/c1-5-7-9-23-43(24-10-8-6-2)31-52(49,50)39-19-18-37(46(3)4)29-38(39)40(41(43)48)34-12-11-13-36(28-34)45-42(51)44-35-16-14-33(15-17-35)30-47-25-20-32(21-26-47)22-27-47;/h11-19,28-29,32,40-41,48H,5-10,20-27,30-31H2,1-4H3,(H-,44,45,51);1H. The summed E-state index contributed by atoms with van der Waals surface area (Å²) >= 11 is 5.80. The Labute approximate surface area is 335 Å². The van der Waals surface area contributed by atoms with Gasteiger partial charge in [0.15, 0.2) is 14.9 Å². The van der Waals surface area contributed by atoms with E-state index in [1.807, 2.05) is 55.4 Å². The van der Waals surface area contributed by atoms with Gasteiger partial charge >= 0.3 is 0 Å². The minimum atomic E-state index is -3.68. The number of aliphatic hydroxyl groups is 1. The number of thiocarbonyl (C=S) groups is 1. The molecule has 0 aromatic heterocycles. The van der Waals surface area contributed by atoms with E-state index in [9.17, 15) is 13.5 Å². The summed E-state index contributed by atoms with van der Waals surface area (Å²) in [5.74, 6) is 0.397. The van der Waals surface area contributed by atoms with Crippen LogP contribution in [0.15, 0.2) is 71.6 Å². The molecule has 10 heteroatoms. The Kier molecular flexibility index (Phi) is 14.1. The number of nitrogens with zero attached hydrogens (tertiary/aromatic N) is 2. The molecule has 7 nitrogen and oxygen atoms in total. The van der Waals surface area contributed by atoms with Crippen molar-refractivity contribution < 1.29 is 35.0 Å². The third-order valence-corrected chi connectivity index (χ3v) is 14.6. The SMILES string of the molecule is CCCCCC1(CCCCC)CS(=O)(=O)c2ccc(N(C)C)cc2C(c2cccc(NC(=S)Nc3ccc(C[N+]45CCC(CC4)CC5)cc3)c2)C1O.[Br-]. The van der Waals surface area contributed by atoms with Crippen molar-refractivity contribution in [3.8, 4) is 0 Å². The van der Waals surface area contributed by atoms with Gasteiger partial charge < -0.3 is 42.1 Å². The molecule has 3 saturated heterocycles. The number of unbranched alkanes of at least 4 members (excludes halogenated alkanes) is 4. The van der Waals surface area contributed by atoms with Crippen LogP contribution in [-0.2, 0) is 16.4 Å². The third-order valence-electron chi connectivity index (χ3n) is 12.4. The highest BCUT2D eigenvalue weighted by molar-refractivity contribution is 7.91. The van der Waals surface area contributed by atoms with Gasteiger partial charge in [0.25, 0.3) is 0 Å². The zero-order valence-corrected chi connectivity index (χ0v) is 35.5. The van der Waals surface area contributed by atoms with Crippen LogP contribution < -0.4 is 32.5 Å². The summed E-state index contributed by atoms with van der Waals surface area (Å²) in [5, 5.41) is 19.9. The van der Waals surface area contributed by atoms with Crippen molar-refractivity contribution in [2.75, 3.05) is 55.0 Å². The molecule has 3 N–H and O–H groups in total. The number of aliphatic hydroxyl groups excluding tert-OH is 1. The fourth-order valence-electron chi connectivity index (χ4n) is 9.35. The number of hydrogen-bond acceptors (Lipinski definition) is 5. The molecule has 0 aliphatic carbocycles. The van der Waals surface area contributed by atoms with Crippen LogP contribution in [0.3, 0.4) is 0 Å². The van der Waals surface area contributed by atoms with Crippen LogP contribution in [0.4, 0.5) is 17.1 Å². The first-order chi connectivity index (χ1) is 25.0. The van der Waals surface area contributed by atoms with E-state index < -0.39 is 27.3 Å². The van der Waals surface area contributed by atoms with Gasteiger partial charge in [-0.05, 0) is 104 Å². The van der Waals surface area contributed by atoms with Crippen molar-refractivity contribution in [1.82, 2.24) is 0 Å². The molecule has 3 aromatic rings. The molecule has 0 saturated carbocycles. The maximum atomic E-state index is 14.4. The third kappa shape index (κ3) is 9.66. The lowest BCUT2D eigenvalue weighted by Gasteiger charge is -2.49. The number of sulfone groups is 1. The molecular formula is C43H61BrN4O3S2. The average Bonchev–Trinajstić information content (AvgIpc) is 3.19. The fourth-order valence-corrected chi connectivity index (χ4v) is 11.8. The molecule has 2 atom stereocenters. The largest absolute Gasteiger partial charge is 1.00 e. The number of rotatable bonds is 14. The minimum absolute atomic E-state index is 0. The predicted molar refractivity (Wildman–Crippen MR) is 220 cm³/mol. The predicted octanol–water partition coefficient (Wildman–Crippen LogP) is 6.12. The summed E-state index contributed by atoms with van der Waals surface area (Å²) in [6.45, 7) is 9.37. The molecule has 4 aliphatic rings. The molecular weight excluding hydrogens is 765 g/mol. The molecule has 290 valence electrons. The van der Waals surface area contributed by atoms with E-state index in [4.69, 9.17) is 12.2 Å². The summed E-state index contributed by atoms with van der Waals surface area (Å²) in [7, 11) is 0.242. The van der Waals surface area contributed by atoms with Crippen molar-refractivity contribution in [2.45, 2.75) is 108 Å². The number of piperidine rings is 3. The second-order valence-corrected chi connectivity index (χ2v) is 18.7. The van der Waals surface area contributed by atoms with Crippen LogP contribution in [0.2, 0.25) is 0 Å². The van der Waals surface area contributed by atoms with Gasteiger partial charge in [0.1, 0.15) is 6.54 Å².